The van der Waals surface area contributed by atoms with Crippen LogP contribution in [0.1, 0.15) is 19.3 Å². The van der Waals surface area contributed by atoms with E-state index in [0.717, 1.165) is 44.0 Å². The molecule has 0 bridgehead atoms. The van der Waals surface area contributed by atoms with Crippen LogP contribution in [-0.4, -0.2) is 49.1 Å². The minimum absolute atomic E-state index is 0.194. The van der Waals surface area contributed by atoms with Gasteiger partial charge in [0.1, 0.15) is 0 Å². The Kier molecular flexibility index (Phi) is 5.62. The molecule has 1 amide bonds. The molecule has 0 aromatic heterocycles. The van der Waals surface area contributed by atoms with Gasteiger partial charge in [0.15, 0.2) is 0 Å². The molecule has 2 saturated heterocycles. The molecule has 2 unspecified atom stereocenters. The number of carbonyl (C=O) groups excluding carboxylic acids is 1. The highest BCUT2D eigenvalue weighted by atomic mass is 32.2. The van der Waals surface area contributed by atoms with E-state index in [9.17, 15) is 4.79 Å². The van der Waals surface area contributed by atoms with Crippen LogP contribution in [0.4, 0.5) is 5.69 Å². The molecule has 0 saturated carbocycles. The Morgan fingerprint density at radius 1 is 1.36 bits per heavy atom. The van der Waals surface area contributed by atoms with Gasteiger partial charge in [-0.15, -0.1) is 0 Å². The number of nitrogens with zero attached hydrogens (tertiary/aromatic N) is 1. The zero-order valence-corrected chi connectivity index (χ0v) is 13.8. The van der Waals surface area contributed by atoms with Gasteiger partial charge >= 0.3 is 0 Å². The summed E-state index contributed by atoms with van der Waals surface area (Å²) in [5.41, 5.74) is 1.26. The second-order valence-electron chi connectivity index (χ2n) is 6.12. The van der Waals surface area contributed by atoms with Crippen molar-refractivity contribution in [3.63, 3.8) is 0 Å². The molecule has 2 heterocycles. The first kappa shape index (κ1) is 15.7. The molecule has 4 nitrogen and oxygen atoms in total. The minimum atomic E-state index is 0.194. The number of carbonyl (C=O) groups is 1. The van der Waals surface area contributed by atoms with E-state index in [-0.39, 0.29) is 11.9 Å². The van der Waals surface area contributed by atoms with E-state index in [1.165, 1.54) is 5.69 Å². The molecule has 2 aliphatic heterocycles. The van der Waals surface area contributed by atoms with Gasteiger partial charge in [-0.25, -0.2) is 0 Å². The minimum Gasteiger partial charge on any atom is -0.369 e. The first-order valence-electron chi connectivity index (χ1n) is 8.22. The Bertz CT molecular complexity index is 476. The Morgan fingerprint density at radius 2 is 2.23 bits per heavy atom. The monoisotopic (exact) mass is 319 g/mol. The average molecular weight is 319 g/mol. The molecule has 2 atom stereocenters. The van der Waals surface area contributed by atoms with E-state index in [2.05, 4.69) is 39.8 Å². The third-order valence-electron chi connectivity index (χ3n) is 4.34. The van der Waals surface area contributed by atoms with Gasteiger partial charge in [-0.3, -0.25) is 4.79 Å². The highest BCUT2D eigenvalue weighted by Gasteiger charge is 2.23. The first-order valence-corrected chi connectivity index (χ1v) is 9.37. The van der Waals surface area contributed by atoms with Crippen LogP contribution in [0.15, 0.2) is 30.3 Å². The summed E-state index contributed by atoms with van der Waals surface area (Å²) >= 11 is 1.94. The van der Waals surface area contributed by atoms with E-state index in [0.29, 0.717) is 12.5 Å². The molecule has 0 spiro atoms. The fraction of sp³-hybridized carbons (Fsp3) is 0.588. The number of para-hydroxylation sites is 1. The maximum absolute atomic E-state index is 12.2. The maximum Gasteiger partial charge on any atom is 0.221 e. The number of piperidine rings is 1. The van der Waals surface area contributed by atoms with Crippen LogP contribution in [0.5, 0.6) is 0 Å². The molecule has 2 N–H and O–H groups in total. The summed E-state index contributed by atoms with van der Waals surface area (Å²) < 4.78 is 0. The second-order valence-corrected chi connectivity index (χ2v) is 7.27. The molecular formula is C17H25N3OS. The largest absolute Gasteiger partial charge is 0.369 e. The van der Waals surface area contributed by atoms with Crippen LogP contribution in [0.2, 0.25) is 0 Å². The van der Waals surface area contributed by atoms with Crippen LogP contribution in [-0.2, 0) is 4.79 Å². The van der Waals surface area contributed by atoms with Crippen LogP contribution in [0, 0.1) is 0 Å². The summed E-state index contributed by atoms with van der Waals surface area (Å²) in [4.78, 5) is 14.6. The van der Waals surface area contributed by atoms with E-state index in [1.54, 1.807) is 0 Å². The molecule has 0 radical (unpaired) electrons. The molecule has 0 aliphatic carbocycles. The molecule has 22 heavy (non-hydrogen) atoms. The van der Waals surface area contributed by atoms with Gasteiger partial charge in [0.05, 0.1) is 0 Å². The Labute approximate surface area is 137 Å². The van der Waals surface area contributed by atoms with E-state index in [1.807, 2.05) is 17.8 Å². The van der Waals surface area contributed by atoms with Crippen molar-refractivity contribution < 1.29 is 4.79 Å². The number of hydrogen-bond donors (Lipinski definition) is 2. The van der Waals surface area contributed by atoms with Crippen molar-refractivity contribution in [3.8, 4) is 0 Å². The van der Waals surface area contributed by atoms with Gasteiger partial charge in [0.2, 0.25) is 5.91 Å². The molecule has 2 aliphatic rings. The number of hydrogen-bond acceptors (Lipinski definition) is 4. The molecule has 1 aromatic carbocycles. The lowest BCUT2D eigenvalue weighted by Gasteiger charge is -2.35. The van der Waals surface area contributed by atoms with Gasteiger partial charge in [0, 0.05) is 55.3 Å². The molecular weight excluding hydrogens is 294 g/mol. The van der Waals surface area contributed by atoms with Crippen molar-refractivity contribution >= 4 is 23.4 Å². The average Bonchev–Trinajstić information content (AvgIpc) is 2.57. The number of amides is 1. The highest BCUT2D eigenvalue weighted by molar-refractivity contribution is 7.99. The lowest BCUT2D eigenvalue weighted by Crippen LogP contribution is -2.49. The van der Waals surface area contributed by atoms with Gasteiger partial charge < -0.3 is 15.5 Å². The summed E-state index contributed by atoms with van der Waals surface area (Å²) in [5.74, 6) is 2.40. The first-order chi connectivity index (χ1) is 10.8. The fourth-order valence-corrected chi connectivity index (χ4v) is 4.18. The standard InChI is InChI=1S/C17H25N3OS/c21-17(11-15-13-22-10-8-18-15)19-14-5-4-9-20(12-14)16-6-2-1-3-7-16/h1-3,6-7,14-15,18H,4-5,8-13H2,(H,19,21). The molecule has 1 aromatic rings. The van der Waals surface area contributed by atoms with Gasteiger partial charge in [-0.2, -0.15) is 11.8 Å². The smallest absolute Gasteiger partial charge is 0.221 e. The highest BCUT2D eigenvalue weighted by Crippen LogP contribution is 2.19. The normalized spacial score (nSPS) is 25.7. The summed E-state index contributed by atoms with van der Waals surface area (Å²) in [6, 6.07) is 11.1. The molecule has 3 rings (SSSR count). The summed E-state index contributed by atoms with van der Waals surface area (Å²) in [6.07, 6.45) is 2.83. The molecule has 120 valence electrons. The number of rotatable bonds is 4. The maximum atomic E-state index is 12.2. The van der Waals surface area contributed by atoms with Crippen molar-refractivity contribution in [3.05, 3.63) is 30.3 Å². The predicted molar refractivity (Wildman–Crippen MR) is 93.6 cm³/mol. The lowest BCUT2D eigenvalue weighted by molar-refractivity contribution is -0.122. The van der Waals surface area contributed by atoms with Gasteiger partial charge in [0.25, 0.3) is 0 Å². The fourth-order valence-electron chi connectivity index (χ4n) is 3.23. The number of benzene rings is 1. The predicted octanol–water partition coefficient (Wildman–Crippen LogP) is 1.87. The SMILES string of the molecule is O=C(CC1CSCCN1)NC1CCCN(c2ccccc2)C1. The van der Waals surface area contributed by atoms with Crippen LogP contribution in [0.3, 0.4) is 0 Å². The van der Waals surface area contributed by atoms with Crippen molar-refractivity contribution in [1.29, 1.82) is 0 Å². The van der Waals surface area contributed by atoms with Crippen molar-refractivity contribution in [2.24, 2.45) is 0 Å². The van der Waals surface area contributed by atoms with Crippen molar-refractivity contribution in [1.82, 2.24) is 10.6 Å². The van der Waals surface area contributed by atoms with E-state index < -0.39 is 0 Å². The number of anilines is 1. The van der Waals surface area contributed by atoms with Gasteiger partial charge in [-0.1, -0.05) is 18.2 Å². The second kappa shape index (κ2) is 7.88. The third kappa shape index (κ3) is 4.40. The molecule has 5 heteroatoms. The molecule has 2 fully saturated rings. The Morgan fingerprint density at radius 3 is 3.00 bits per heavy atom. The topological polar surface area (TPSA) is 44.4 Å². The Hall–Kier alpha value is -1.20. The van der Waals surface area contributed by atoms with E-state index in [4.69, 9.17) is 0 Å². The Balaban J connectivity index is 1.48. The zero-order chi connectivity index (χ0) is 15.2. The van der Waals surface area contributed by atoms with Crippen molar-refractivity contribution in [2.75, 3.05) is 36.0 Å². The van der Waals surface area contributed by atoms with E-state index >= 15 is 0 Å². The zero-order valence-electron chi connectivity index (χ0n) is 13.0. The van der Waals surface area contributed by atoms with Crippen LogP contribution in [0.25, 0.3) is 0 Å². The van der Waals surface area contributed by atoms with Crippen molar-refractivity contribution in [2.45, 2.75) is 31.3 Å². The summed E-state index contributed by atoms with van der Waals surface area (Å²) in [6.45, 7) is 3.02. The van der Waals surface area contributed by atoms with Crippen LogP contribution < -0.4 is 15.5 Å². The summed E-state index contributed by atoms with van der Waals surface area (Å²) in [7, 11) is 0. The number of thioether (sulfide) groups is 1. The third-order valence-corrected chi connectivity index (χ3v) is 5.47. The van der Waals surface area contributed by atoms with Gasteiger partial charge in [-0.05, 0) is 25.0 Å². The number of nitrogens with one attached hydrogen (secondary N) is 2. The lowest BCUT2D eigenvalue weighted by atomic mass is 10.0. The quantitative estimate of drug-likeness (QED) is 0.889. The van der Waals surface area contributed by atoms with Crippen LogP contribution >= 0.6 is 11.8 Å². The summed E-state index contributed by atoms with van der Waals surface area (Å²) in [5, 5.41) is 6.67.